The molecule has 0 rings (SSSR count). The molecule has 6 nitrogen and oxygen atoms in total. The van der Waals surface area contributed by atoms with Crippen molar-refractivity contribution < 1.29 is 28.6 Å². The summed E-state index contributed by atoms with van der Waals surface area (Å²) in [6.45, 7) is 6.24. The third-order valence-corrected chi connectivity index (χ3v) is 11.6. The van der Waals surface area contributed by atoms with E-state index in [0.717, 1.165) is 128 Å². The van der Waals surface area contributed by atoms with Crippen LogP contribution in [0.25, 0.3) is 0 Å². The summed E-state index contributed by atoms with van der Waals surface area (Å²) in [6.07, 6.45) is 84.5. The maximum absolute atomic E-state index is 12.8. The van der Waals surface area contributed by atoms with Gasteiger partial charge in [-0.3, -0.25) is 14.4 Å². The Bertz CT molecular complexity index is 1610. The van der Waals surface area contributed by atoms with E-state index < -0.39 is 12.1 Å². The van der Waals surface area contributed by atoms with Crippen LogP contribution in [-0.2, 0) is 28.6 Å². The first-order chi connectivity index (χ1) is 35.5. The van der Waals surface area contributed by atoms with Gasteiger partial charge in [-0.2, -0.15) is 0 Å². The summed E-state index contributed by atoms with van der Waals surface area (Å²) in [6, 6.07) is 0. The summed E-state index contributed by atoms with van der Waals surface area (Å²) in [5.41, 5.74) is 0. The Balaban J connectivity index is 4.32. The van der Waals surface area contributed by atoms with E-state index in [2.05, 4.69) is 154 Å². The van der Waals surface area contributed by atoms with Gasteiger partial charge in [-0.15, -0.1) is 0 Å². The molecule has 1 atom stereocenters. The zero-order valence-electron chi connectivity index (χ0n) is 46.1. The largest absolute Gasteiger partial charge is 0.462 e. The van der Waals surface area contributed by atoms with Gasteiger partial charge in [-0.05, 0) is 116 Å². The molecule has 0 aliphatic carbocycles. The molecular formula is C66H104O6. The molecule has 0 fully saturated rings. The molecule has 0 N–H and O–H groups in total. The van der Waals surface area contributed by atoms with E-state index >= 15 is 0 Å². The van der Waals surface area contributed by atoms with Crippen molar-refractivity contribution in [2.24, 2.45) is 0 Å². The number of hydrogen-bond acceptors (Lipinski definition) is 6. The lowest BCUT2D eigenvalue weighted by Crippen LogP contribution is -2.30. The minimum absolute atomic E-state index is 0.0887. The van der Waals surface area contributed by atoms with Crippen molar-refractivity contribution in [3.8, 4) is 0 Å². The van der Waals surface area contributed by atoms with Crippen molar-refractivity contribution >= 4 is 17.9 Å². The highest BCUT2D eigenvalue weighted by atomic mass is 16.6. The molecule has 6 heteroatoms. The quantitative estimate of drug-likeness (QED) is 0.0261. The average Bonchev–Trinajstić information content (AvgIpc) is 3.38. The maximum atomic E-state index is 12.8. The van der Waals surface area contributed by atoms with Gasteiger partial charge in [0, 0.05) is 12.8 Å². The Kier molecular flexibility index (Phi) is 55.0. The van der Waals surface area contributed by atoms with Crippen molar-refractivity contribution in [3.05, 3.63) is 146 Å². The summed E-state index contributed by atoms with van der Waals surface area (Å²) in [5, 5.41) is 0. The Morgan fingerprint density at radius 2 is 0.583 bits per heavy atom. The van der Waals surface area contributed by atoms with Gasteiger partial charge in [-0.1, -0.05) is 244 Å². The van der Waals surface area contributed by atoms with Crippen molar-refractivity contribution in [1.82, 2.24) is 0 Å². The van der Waals surface area contributed by atoms with E-state index in [4.69, 9.17) is 14.2 Å². The number of hydrogen-bond donors (Lipinski definition) is 0. The first kappa shape index (κ1) is 67.3. The van der Waals surface area contributed by atoms with Crippen LogP contribution in [0.2, 0.25) is 0 Å². The van der Waals surface area contributed by atoms with Crippen LogP contribution in [0.4, 0.5) is 0 Å². The van der Waals surface area contributed by atoms with Gasteiger partial charge in [0.15, 0.2) is 6.10 Å². The fourth-order valence-electron chi connectivity index (χ4n) is 7.35. The third-order valence-electron chi connectivity index (χ3n) is 11.6. The standard InChI is InChI=1S/C66H104O6/c1-4-7-10-13-16-19-22-24-26-27-28-29-30-31-32-33-34-35-36-37-38-39-41-42-44-47-50-53-56-59-65(68)71-62-63(61-70-64(67)58-55-52-49-46-21-18-15-12-9-6-3)72-66(69)60-57-54-51-48-45-43-40-25-23-20-17-14-11-8-5-2/h7-8,10-12,15-17,19-20,24-26,28-29,31-32,34-35,40,45,48,54,57,63H,4-6,9,13-14,18,21-23,27,30,33,36-39,41-44,46-47,49-53,55-56,58-62H2,1-3H3/b10-7-,11-8-,15-12-,19-16-,20-17-,26-24-,29-28-,32-31-,35-34-,40-25-,48-45-,57-54-. The molecule has 1 unspecified atom stereocenters. The number of carbonyl (C=O) groups is 3. The minimum atomic E-state index is -0.842. The second kappa shape index (κ2) is 58.9. The number of esters is 3. The molecule has 0 radical (unpaired) electrons. The van der Waals surface area contributed by atoms with E-state index in [9.17, 15) is 14.4 Å². The van der Waals surface area contributed by atoms with E-state index in [-0.39, 0.29) is 31.6 Å². The van der Waals surface area contributed by atoms with Gasteiger partial charge in [-0.25, -0.2) is 0 Å². The molecule has 0 heterocycles. The van der Waals surface area contributed by atoms with Crippen molar-refractivity contribution in [3.63, 3.8) is 0 Å². The lowest BCUT2D eigenvalue weighted by atomic mass is 10.1. The molecule has 0 bridgehead atoms. The number of carbonyl (C=O) groups excluding carboxylic acids is 3. The van der Waals surface area contributed by atoms with E-state index in [1.807, 2.05) is 6.08 Å². The second-order valence-electron chi connectivity index (χ2n) is 18.4. The Hall–Kier alpha value is -4.71. The maximum Gasteiger partial charge on any atom is 0.310 e. The van der Waals surface area contributed by atoms with Crippen LogP contribution in [0.3, 0.4) is 0 Å². The first-order valence-electron chi connectivity index (χ1n) is 28.8. The zero-order chi connectivity index (χ0) is 52.2. The number of allylic oxidation sites excluding steroid dienone is 23. The van der Waals surface area contributed by atoms with Crippen molar-refractivity contribution in [2.45, 2.75) is 239 Å². The van der Waals surface area contributed by atoms with Crippen LogP contribution in [0.15, 0.2) is 146 Å². The fraction of sp³-hybridized carbons (Fsp3) is 0.591. The molecule has 0 aromatic carbocycles. The van der Waals surface area contributed by atoms with Crippen LogP contribution in [0.5, 0.6) is 0 Å². The van der Waals surface area contributed by atoms with Gasteiger partial charge in [0.05, 0.1) is 6.42 Å². The van der Waals surface area contributed by atoms with Gasteiger partial charge in [0.2, 0.25) is 0 Å². The highest BCUT2D eigenvalue weighted by Crippen LogP contribution is 2.14. The smallest absolute Gasteiger partial charge is 0.310 e. The van der Waals surface area contributed by atoms with Crippen molar-refractivity contribution in [2.75, 3.05) is 13.2 Å². The molecular weight excluding hydrogens is 889 g/mol. The number of ether oxygens (including phenoxy) is 3. The summed E-state index contributed by atoms with van der Waals surface area (Å²) in [7, 11) is 0. The predicted octanol–water partition coefficient (Wildman–Crippen LogP) is 19.6. The lowest BCUT2D eigenvalue weighted by Gasteiger charge is -2.18. The molecule has 0 amide bonds. The molecule has 0 saturated carbocycles. The van der Waals surface area contributed by atoms with Crippen molar-refractivity contribution in [1.29, 1.82) is 0 Å². The fourth-order valence-corrected chi connectivity index (χ4v) is 7.35. The SMILES string of the molecule is CC/C=C\C/C=C\C/C=C\C/C=C\C/C=C\C/C=C\CCCCCCCCCCCCC(=O)OCC(COC(=O)CCCCCCC/C=C\CCC)OC(=O)C/C=C\C/C=C\C/C=C\C/C=C\C/C=C\CC. The number of unbranched alkanes of at least 4 members (excludes halogenated alkanes) is 16. The van der Waals surface area contributed by atoms with Crippen LogP contribution < -0.4 is 0 Å². The second-order valence-corrected chi connectivity index (χ2v) is 18.4. The van der Waals surface area contributed by atoms with Gasteiger partial charge < -0.3 is 14.2 Å². The zero-order valence-corrected chi connectivity index (χ0v) is 46.1. The predicted molar refractivity (Wildman–Crippen MR) is 311 cm³/mol. The highest BCUT2D eigenvalue weighted by molar-refractivity contribution is 5.72. The van der Waals surface area contributed by atoms with E-state index in [1.54, 1.807) is 6.08 Å². The topological polar surface area (TPSA) is 78.9 Å². The summed E-state index contributed by atoms with van der Waals surface area (Å²) in [5.74, 6) is -1.08. The summed E-state index contributed by atoms with van der Waals surface area (Å²) < 4.78 is 16.7. The molecule has 0 aliphatic rings. The van der Waals surface area contributed by atoms with Crippen LogP contribution in [0.1, 0.15) is 233 Å². The average molecular weight is 994 g/mol. The monoisotopic (exact) mass is 993 g/mol. The van der Waals surface area contributed by atoms with Crippen LogP contribution >= 0.6 is 0 Å². The molecule has 0 aliphatic heterocycles. The van der Waals surface area contributed by atoms with E-state index in [0.29, 0.717) is 19.3 Å². The lowest BCUT2D eigenvalue weighted by molar-refractivity contribution is -0.166. The van der Waals surface area contributed by atoms with Gasteiger partial charge >= 0.3 is 17.9 Å². The Labute approximate surface area is 442 Å². The van der Waals surface area contributed by atoms with Crippen LogP contribution in [0, 0.1) is 0 Å². The summed E-state index contributed by atoms with van der Waals surface area (Å²) >= 11 is 0. The molecule has 72 heavy (non-hydrogen) atoms. The molecule has 0 aromatic rings. The Morgan fingerprint density at radius 1 is 0.306 bits per heavy atom. The molecule has 404 valence electrons. The van der Waals surface area contributed by atoms with E-state index in [1.165, 1.54) is 57.8 Å². The van der Waals surface area contributed by atoms with Crippen LogP contribution in [-0.4, -0.2) is 37.2 Å². The Morgan fingerprint density at radius 3 is 0.931 bits per heavy atom. The summed E-state index contributed by atoms with van der Waals surface area (Å²) in [4.78, 5) is 38.0. The first-order valence-corrected chi connectivity index (χ1v) is 28.8. The highest BCUT2D eigenvalue weighted by Gasteiger charge is 2.19. The third kappa shape index (κ3) is 56.2. The minimum Gasteiger partial charge on any atom is -0.462 e. The van der Waals surface area contributed by atoms with Gasteiger partial charge in [0.1, 0.15) is 13.2 Å². The van der Waals surface area contributed by atoms with Gasteiger partial charge in [0.25, 0.3) is 0 Å². The normalized spacial score (nSPS) is 13.2. The molecule has 0 spiro atoms. The molecule has 0 saturated heterocycles. The molecule has 0 aromatic heterocycles. The number of rotatable bonds is 50.